The second kappa shape index (κ2) is 2.77. The van der Waals surface area contributed by atoms with E-state index in [9.17, 15) is 17.6 Å². The quantitative estimate of drug-likeness (QED) is 0.533. The molecule has 0 aliphatic rings. The maximum atomic E-state index is 12.3. The first kappa shape index (κ1) is 9.03. The molecule has 0 nitrogen and oxygen atoms in total. The smallest absolute Gasteiger partial charge is 0.207 e. The third kappa shape index (κ3) is 1.75. The molecule has 0 aromatic heterocycles. The highest BCUT2D eigenvalue weighted by molar-refractivity contribution is 5.32. The fourth-order valence-electron chi connectivity index (χ4n) is 0.774. The third-order valence-corrected chi connectivity index (χ3v) is 1.32. The number of benzene rings is 1. The van der Waals surface area contributed by atoms with E-state index in [1.54, 1.807) is 0 Å². The minimum atomic E-state index is -4.59. The average molecular weight is 176 g/mol. The van der Waals surface area contributed by atoms with Gasteiger partial charge in [0.1, 0.15) is 5.82 Å². The van der Waals surface area contributed by atoms with Crippen molar-refractivity contribution in [2.24, 2.45) is 0 Å². The lowest BCUT2D eigenvalue weighted by Crippen LogP contribution is -2.07. The molecule has 0 heterocycles. The van der Waals surface area contributed by atoms with Crippen LogP contribution >= 0.6 is 0 Å². The Morgan fingerprint density at radius 2 is 1.75 bits per heavy atom. The Kier molecular flexibility index (Phi) is 2.08. The van der Waals surface area contributed by atoms with Crippen molar-refractivity contribution in [3.05, 3.63) is 42.1 Å². The van der Waals surface area contributed by atoms with E-state index in [4.69, 9.17) is 6.92 Å². The van der Waals surface area contributed by atoms with E-state index in [-0.39, 0.29) is 0 Å². The average Bonchev–Trinajstić information content (AvgIpc) is 1.92. The molecular formula is C8H4F4. The molecule has 0 unspecified atom stereocenters. The zero-order valence-electron chi connectivity index (χ0n) is 5.82. The van der Waals surface area contributed by atoms with Crippen LogP contribution in [-0.4, -0.2) is 0 Å². The highest BCUT2D eigenvalue weighted by atomic mass is 19.4. The summed E-state index contributed by atoms with van der Waals surface area (Å²) in [7, 11) is 0. The summed E-state index contributed by atoms with van der Waals surface area (Å²) in [6, 6.07) is 2.14. The van der Waals surface area contributed by atoms with Gasteiger partial charge in [0.05, 0.1) is 5.56 Å². The molecule has 0 aliphatic heterocycles. The Balaban J connectivity index is 3.23. The summed E-state index contributed by atoms with van der Waals surface area (Å²) in [4.78, 5) is 0. The normalized spacial score (nSPS) is 11.8. The fourth-order valence-corrected chi connectivity index (χ4v) is 0.774. The van der Waals surface area contributed by atoms with Gasteiger partial charge in [0.2, 0.25) is 0 Å². The zero-order valence-corrected chi connectivity index (χ0v) is 5.82. The summed E-state index contributed by atoms with van der Waals surface area (Å²) in [6.45, 7) is 4.99. The van der Waals surface area contributed by atoms with Gasteiger partial charge in [-0.3, -0.25) is 0 Å². The van der Waals surface area contributed by atoms with E-state index >= 15 is 0 Å². The van der Waals surface area contributed by atoms with Crippen LogP contribution in [0, 0.1) is 12.7 Å². The summed E-state index contributed by atoms with van der Waals surface area (Å²) in [6.07, 6.45) is -4.59. The first-order valence-corrected chi connectivity index (χ1v) is 3.03. The Labute approximate surface area is 66.8 Å². The van der Waals surface area contributed by atoms with Crippen LogP contribution in [0.3, 0.4) is 0 Å². The number of halogens is 4. The number of alkyl halides is 3. The predicted octanol–water partition coefficient (Wildman–Crippen LogP) is 2.90. The van der Waals surface area contributed by atoms with Crippen molar-refractivity contribution in [3.8, 4) is 0 Å². The predicted molar refractivity (Wildman–Crippen MR) is 34.8 cm³/mol. The molecule has 0 amide bonds. The lowest BCUT2D eigenvalue weighted by Gasteiger charge is -2.08. The van der Waals surface area contributed by atoms with Crippen molar-refractivity contribution in [2.45, 2.75) is 6.18 Å². The van der Waals surface area contributed by atoms with E-state index < -0.39 is 23.1 Å². The number of hydrogen-bond acceptors (Lipinski definition) is 0. The second-order valence-electron chi connectivity index (χ2n) is 2.23. The molecule has 0 bridgehead atoms. The largest absolute Gasteiger partial charge is 0.416 e. The lowest BCUT2D eigenvalue weighted by atomic mass is 10.1. The second-order valence-corrected chi connectivity index (χ2v) is 2.23. The van der Waals surface area contributed by atoms with Crippen LogP contribution in [0.1, 0.15) is 11.1 Å². The van der Waals surface area contributed by atoms with Crippen molar-refractivity contribution in [2.75, 3.05) is 0 Å². The van der Waals surface area contributed by atoms with Gasteiger partial charge < -0.3 is 0 Å². The first-order chi connectivity index (χ1) is 5.41. The molecule has 1 aromatic rings. The third-order valence-electron chi connectivity index (χ3n) is 1.32. The zero-order chi connectivity index (χ0) is 9.35. The summed E-state index contributed by atoms with van der Waals surface area (Å²) in [5.74, 6) is -0.948. The Hall–Kier alpha value is -1.06. The summed E-state index contributed by atoms with van der Waals surface area (Å²) in [5.41, 5.74) is -1.61. The van der Waals surface area contributed by atoms with Crippen LogP contribution in [0.5, 0.6) is 0 Å². The maximum absolute atomic E-state index is 12.3. The molecule has 0 N–H and O–H groups in total. The Morgan fingerprint density at radius 1 is 1.17 bits per heavy atom. The van der Waals surface area contributed by atoms with E-state index in [0.29, 0.717) is 6.07 Å². The molecule has 0 aliphatic carbocycles. The minimum Gasteiger partial charge on any atom is -0.207 e. The van der Waals surface area contributed by atoms with E-state index in [2.05, 4.69) is 0 Å². The van der Waals surface area contributed by atoms with Gasteiger partial charge in [-0.15, -0.1) is 0 Å². The molecule has 4 heteroatoms. The minimum absolute atomic E-state index is 0.370. The van der Waals surface area contributed by atoms with Gasteiger partial charge in [-0.2, -0.15) is 13.2 Å². The first-order valence-electron chi connectivity index (χ1n) is 3.03. The fraction of sp³-hybridized carbons (Fsp3) is 0.125. The molecule has 0 saturated carbocycles. The summed E-state index contributed by atoms with van der Waals surface area (Å²) >= 11 is 0. The molecule has 0 atom stereocenters. The SMILES string of the molecule is [CH]c1ccc(F)cc1C(F)(F)F. The highest BCUT2D eigenvalue weighted by Gasteiger charge is 2.32. The Bertz CT molecular complexity index is 288. The van der Waals surface area contributed by atoms with Gasteiger partial charge in [0.15, 0.2) is 0 Å². The number of hydrogen-bond donors (Lipinski definition) is 0. The number of rotatable bonds is 0. The maximum Gasteiger partial charge on any atom is 0.416 e. The van der Waals surface area contributed by atoms with E-state index in [1.807, 2.05) is 0 Å². The Morgan fingerprint density at radius 3 is 2.17 bits per heavy atom. The van der Waals surface area contributed by atoms with Gasteiger partial charge in [-0.05, 0) is 24.6 Å². The van der Waals surface area contributed by atoms with Crippen LogP contribution in [0.15, 0.2) is 18.2 Å². The van der Waals surface area contributed by atoms with Gasteiger partial charge in [-0.1, -0.05) is 6.07 Å². The molecule has 64 valence electrons. The molecule has 2 radical (unpaired) electrons. The van der Waals surface area contributed by atoms with Gasteiger partial charge >= 0.3 is 6.18 Å². The van der Waals surface area contributed by atoms with Crippen LogP contribution in [0.2, 0.25) is 0 Å². The summed E-state index contributed by atoms with van der Waals surface area (Å²) < 4.78 is 48.3. The van der Waals surface area contributed by atoms with Gasteiger partial charge in [0, 0.05) is 0 Å². The molecule has 0 spiro atoms. The molecule has 1 aromatic carbocycles. The van der Waals surface area contributed by atoms with Crippen molar-refractivity contribution < 1.29 is 17.6 Å². The van der Waals surface area contributed by atoms with Crippen LogP contribution in [-0.2, 0) is 6.18 Å². The topological polar surface area (TPSA) is 0 Å². The van der Waals surface area contributed by atoms with Crippen molar-refractivity contribution in [1.82, 2.24) is 0 Å². The van der Waals surface area contributed by atoms with E-state index in [0.717, 1.165) is 12.1 Å². The highest BCUT2D eigenvalue weighted by Crippen LogP contribution is 2.31. The van der Waals surface area contributed by atoms with Gasteiger partial charge in [-0.25, -0.2) is 4.39 Å². The van der Waals surface area contributed by atoms with Crippen LogP contribution in [0.25, 0.3) is 0 Å². The summed E-state index contributed by atoms with van der Waals surface area (Å²) in [5, 5.41) is 0. The van der Waals surface area contributed by atoms with Crippen molar-refractivity contribution in [1.29, 1.82) is 0 Å². The lowest BCUT2D eigenvalue weighted by molar-refractivity contribution is -0.138. The van der Waals surface area contributed by atoms with E-state index in [1.165, 1.54) is 0 Å². The van der Waals surface area contributed by atoms with Crippen molar-refractivity contribution >= 4 is 0 Å². The van der Waals surface area contributed by atoms with Crippen LogP contribution < -0.4 is 0 Å². The standard InChI is InChI=1S/C8H4F4/c1-5-2-3-6(9)4-7(5)8(10,11)12/h1-4H. The van der Waals surface area contributed by atoms with Gasteiger partial charge in [0.25, 0.3) is 0 Å². The molecule has 0 fully saturated rings. The molecule has 12 heavy (non-hydrogen) atoms. The van der Waals surface area contributed by atoms with Crippen LogP contribution in [0.4, 0.5) is 17.6 Å². The molecular weight excluding hydrogens is 172 g/mol. The molecule has 1 rings (SSSR count). The molecule has 0 saturated heterocycles. The monoisotopic (exact) mass is 176 g/mol. The van der Waals surface area contributed by atoms with Crippen molar-refractivity contribution in [3.63, 3.8) is 0 Å².